The van der Waals surface area contributed by atoms with E-state index >= 15 is 0 Å². The third kappa shape index (κ3) is 2.95. The molecule has 21 heavy (non-hydrogen) atoms. The summed E-state index contributed by atoms with van der Waals surface area (Å²) < 4.78 is 0. The van der Waals surface area contributed by atoms with Crippen molar-refractivity contribution in [1.29, 1.82) is 0 Å². The third-order valence-corrected chi connectivity index (χ3v) is 4.00. The summed E-state index contributed by atoms with van der Waals surface area (Å²) in [7, 11) is 0. The van der Waals surface area contributed by atoms with Gasteiger partial charge in [0.15, 0.2) is 0 Å². The summed E-state index contributed by atoms with van der Waals surface area (Å²) >= 11 is 0. The molecule has 1 atom stereocenters. The van der Waals surface area contributed by atoms with E-state index in [0.29, 0.717) is 5.69 Å². The Morgan fingerprint density at radius 2 is 2.00 bits per heavy atom. The minimum Gasteiger partial charge on any atom is -0.335 e. The van der Waals surface area contributed by atoms with Crippen LogP contribution in [0.1, 0.15) is 29.1 Å². The second kappa shape index (κ2) is 6.05. The van der Waals surface area contributed by atoms with Crippen molar-refractivity contribution in [2.24, 2.45) is 0 Å². The number of amides is 1. The normalized spacial score (nSPS) is 17.7. The predicted molar refractivity (Wildman–Crippen MR) is 78.7 cm³/mol. The quantitative estimate of drug-likeness (QED) is 0.924. The van der Waals surface area contributed by atoms with Crippen molar-refractivity contribution >= 4 is 5.91 Å². The molecule has 0 aromatic carbocycles. The summed E-state index contributed by atoms with van der Waals surface area (Å²) in [6.45, 7) is 5.34. The van der Waals surface area contributed by atoms with Gasteiger partial charge >= 0.3 is 0 Å². The lowest BCUT2D eigenvalue weighted by molar-refractivity contribution is 0.0573. The highest BCUT2D eigenvalue weighted by atomic mass is 16.2. The molecule has 110 valence electrons. The third-order valence-electron chi connectivity index (χ3n) is 4.00. The highest BCUT2D eigenvalue weighted by molar-refractivity contribution is 5.92. The summed E-state index contributed by atoms with van der Waals surface area (Å²) in [4.78, 5) is 20.9. The highest BCUT2D eigenvalue weighted by Gasteiger charge is 2.26. The van der Waals surface area contributed by atoms with Crippen LogP contribution in [0.2, 0.25) is 0 Å². The summed E-state index contributed by atoms with van der Waals surface area (Å²) in [5.41, 5.74) is 1.63. The van der Waals surface area contributed by atoms with E-state index in [4.69, 9.17) is 0 Å². The topological polar surface area (TPSA) is 65.1 Å². The zero-order valence-corrected chi connectivity index (χ0v) is 12.1. The average molecular weight is 285 g/mol. The van der Waals surface area contributed by atoms with Gasteiger partial charge in [-0.3, -0.25) is 19.8 Å². The standard InChI is InChI=1S/C15H19N5O/c1-12(13-4-2-3-6-16-13)19-8-10-20(11-9-19)15(21)14-5-7-17-18-14/h2-7,12H,8-11H2,1H3,(H,17,18). The summed E-state index contributed by atoms with van der Waals surface area (Å²) in [6, 6.07) is 7.97. The number of hydrogen-bond donors (Lipinski definition) is 1. The van der Waals surface area contributed by atoms with Crippen molar-refractivity contribution < 1.29 is 4.79 Å². The van der Waals surface area contributed by atoms with Crippen LogP contribution in [0.3, 0.4) is 0 Å². The first-order valence-electron chi connectivity index (χ1n) is 7.19. The summed E-state index contributed by atoms with van der Waals surface area (Å²) in [6.07, 6.45) is 3.43. The van der Waals surface area contributed by atoms with Gasteiger partial charge < -0.3 is 4.90 Å². The Morgan fingerprint density at radius 3 is 2.62 bits per heavy atom. The average Bonchev–Trinajstić information content (AvgIpc) is 3.09. The van der Waals surface area contributed by atoms with Gasteiger partial charge in [-0.1, -0.05) is 6.07 Å². The van der Waals surface area contributed by atoms with Crippen LogP contribution in [0, 0.1) is 0 Å². The first-order valence-corrected chi connectivity index (χ1v) is 7.19. The Kier molecular flexibility index (Phi) is 3.96. The van der Waals surface area contributed by atoms with Gasteiger partial charge in [-0.2, -0.15) is 5.10 Å². The number of rotatable bonds is 3. The lowest BCUT2D eigenvalue weighted by Gasteiger charge is -2.37. The van der Waals surface area contributed by atoms with Gasteiger partial charge in [0.1, 0.15) is 5.69 Å². The van der Waals surface area contributed by atoms with Crippen molar-refractivity contribution in [3.63, 3.8) is 0 Å². The van der Waals surface area contributed by atoms with Gasteiger partial charge in [0.2, 0.25) is 0 Å². The molecule has 6 nitrogen and oxygen atoms in total. The van der Waals surface area contributed by atoms with Crippen LogP contribution < -0.4 is 0 Å². The van der Waals surface area contributed by atoms with Gasteiger partial charge in [0.25, 0.3) is 5.91 Å². The molecular formula is C15H19N5O. The first-order chi connectivity index (χ1) is 10.3. The molecule has 0 spiro atoms. The summed E-state index contributed by atoms with van der Waals surface area (Å²) in [5, 5.41) is 6.56. The molecule has 3 heterocycles. The Hall–Kier alpha value is -2.21. The molecule has 1 N–H and O–H groups in total. The number of pyridine rings is 1. The van der Waals surface area contributed by atoms with Crippen LogP contribution in [0.5, 0.6) is 0 Å². The van der Waals surface area contributed by atoms with Crippen LogP contribution in [0.25, 0.3) is 0 Å². The second-order valence-corrected chi connectivity index (χ2v) is 5.23. The molecule has 1 fully saturated rings. The highest BCUT2D eigenvalue weighted by Crippen LogP contribution is 2.19. The maximum Gasteiger partial charge on any atom is 0.271 e. The smallest absolute Gasteiger partial charge is 0.271 e. The van der Waals surface area contributed by atoms with E-state index < -0.39 is 0 Å². The molecule has 0 radical (unpaired) electrons. The van der Waals surface area contributed by atoms with Crippen LogP contribution in [-0.2, 0) is 0 Å². The number of nitrogens with zero attached hydrogens (tertiary/aromatic N) is 4. The number of hydrogen-bond acceptors (Lipinski definition) is 4. The molecule has 3 rings (SSSR count). The van der Waals surface area contributed by atoms with Gasteiger partial charge in [0.05, 0.1) is 5.69 Å². The van der Waals surface area contributed by atoms with Crippen LogP contribution in [-0.4, -0.2) is 57.1 Å². The molecule has 0 bridgehead atoms. The van der Waals surface area contributed by atoms with E-state index in [0.717, 1.165) is 31.9 Å². The molecule has 6 heteroatoms. The fourth-order valence-electron chi connectivity index (χ4n) is 2.67. The molecular weight excluding hydrogens is 266 g/mol. The molecule has 1 amide bonds. The van der Waals surface area contributed by atoms with E-state index in [2.05, 4.69) is 27.0 Å². The number of aromatic nitrogens is 3. The van der Waals surface area contributed by atoms with E-state index in [1.54, 1.807) is 12.3 Å². The van der Waals surface area contributed by atoms with Crippen molar-refractivity contribution in [3.8, 4) is 0 Å². The van der Waals surface area contributed by atoms with Crippen LogP contribution in [0.4, 0.5) is 0 Å². The molecule has 1 unspecified atom stereocenters. The maximum absolute atomic E-state index is 12.2. The summed E-state index contributed by atoms with van der Waals surface area (Å²) in [5.74, 6) is 0.0256. The van der Waals surface area contributed by atoms with Gasteiger partial charge in [-0.05, 0) is 25.1 Å². The zero-order chi connectivity index (χ0) is 14.7. The van der Waals surface area contributed by atoms with Gasteiger partial charge in [0, 0.05) is 44.6 Å². The minimum atomic E-state index is 0.0256. The van der Waals surface area contributed by atoms with Gasteiger partial charge in [-0.15, -0.1) is 0 Å². The van der Waals surface area contributed by atoms with Crippen molar-refractivity contribution in [2.45, 2.75) is 13.0 Å². The van der Waals surface area contributed by atoms with Crippen molar-refractivity contribution in [2.75, 3.05) is 26.2 Å². The van der Waals surface area contributed by atoms with Crippen molar-refractivity contribution in [1.82, 2.24) is 25.0 Å². The molecule has 1 aliphatic rings. The zero-order valence-electron chi connectivity index (χ0n) is 12.1. The minimum absolute atomic E-state index is 0.0256. The molecule has 1 saturated heterocycles. The van der Waals surface area contributed by atoms with Crippen LogP contribution >= 0.6 is 0 Å². The fourth-order valence-corrected chi connectivity index (χ4v) is 2.67. The lowest BCUT2D eigenvalue weighted by Crippen LogP contribution is -2.49. The Bertz CT molecular complexity index is 575. The Balaban J connectivity index is 1.59. The monoisotopic (exact) mass is 285 g/mol. The molecule has 0 saturated carbocycles. The van der Waals surface area contributed by atoms with E-state index in [1.807, 2.05) is 29.3 Å². The largest absolute Gasteiger partial charge is 0.335 e. The molecule has 2 aromatic rings. The molecule has 1 aliphatic heterocycles. The number of carbonyl (C=O) groups is 1. The SMILES string of the molecule is CC(c1ccccn1)N1CCN(C(=O)c2ccn[nH]2)CC1. The lowest BCUT2D eigenvalue weighted by atomic mass is 10.1. The predicted octanol–water partition coefficient (Wildman–Crippen LogP) is 1.32. The Labute approximate surface area is 123 Å². The number of carbonyl (C=O) groups excluding carboxylic acids is 1. The Morgan fingerprint density at radius 1 is 1.19 bits per heavy atom. The fraction of sp³-hybridized carbons (Fsp3) is 0.400. The van der Waals surface area contributed by atoms with Gasteiger partial charge in [-0.25, -0.2) is 0 Å². The maximum atomic E-state index is 12.2. The first kappa shape index (κ1) is 13.8. The van der Waals surface area contributed by atoms with E-state index in [9.17, 15) is 4.79 Å². The molecule has 0 aliphatic carbocycles. The van der Waals surface area contributed by atoms with Crippen molar-refractivity contribution in [3.05, 3.63) is 48.0 Å². The second-order valence-electron chi connectivity index (χ2n) is 5.23. The number of nitrogens with one attached hydrogen (secondary N) is 1. The number of aromatic amines is 1. The van der Waals surface area contributed by atoms with Crippen LogP contribution in [0.15, 0.2) is 36.7 Å². The van der Waals surface area contributed by atoms with E-state index in [-0.39, 0.29) is 11.9 Å². The molecule has 2 aromatic heterocycles. The number of H-pyrrole nitrogens is 1. The van der Waals surface area contributed by atoms with E-state index in [1.165, 1.54) is 0 Å². The number of piperazine rings is 1.